The summed E-state index contributed by atoms with van der Waals surface area (Å²) in [6.07, 6.45) is 13.4. The van der Waals surface area contributed by atoms with Gasteiger partial charge in [-0.1, -0.05) is 51.4 Å². The molecule has 0 fully saturated rings. The maximum atomic E-state index is 5.69. The van der Waals surface area contributed by atoms with Crippen LogP contribution in [-0.2, 0) is 0 Å². The number of hydrogen-bond donors (Lipinski definition) is 2. The van der Waals surface area contributed by atoms with Crippen molar-refractivity contribution in [1.82, 2.24) is 0 Å². The van der Waals surface area contributed by atoms with Crippen LogP contribution in [0.2, 0.25) is 0 Å². The van der Waals surface area contributed by atoms with Gasteiger partial charge in [0.2, 0.25) is 0 Å². The zero-order valence-corrected chi connectivity index (χ0v) is 10.5. The minimum atomic E-state index is 0.390. The molecule has 0 saturated carbocycles. The van der Waals surface area contributed by atoms with Crippen LogP contribution in [0.15, 0.2) is 0 Å². The molecule has 0 aliphatic rings. The van der Waals surface area contributed by atoms with Crippen molar-refractivity contribution in [3.8, 4) is 0 Å². The molecule has 15 heavy (non-hydrogen) atoms. The lowest BCUT2D eigenvalue weighted by atomic mass is 10.1. The molecule has 4 N–H and O–H groups in total. The Balaban J connectivity index is 2.87. The monoisotopic (exact) mass is 214 g/mol. The molecule has 0 spiro atoms. The molecule has 1 unspecified atom stereocenters. The van der Waals surface area contributed by atoms with E-state index < -0.39 is 0 Å². The van der Waals surface area contributed by atoms with Crippen LogP contribution >= 0.6 is 0 Å². The average molecular weight is 214 g/mol. The van der Waals surface area contributed by atoms with E-state index in [1.54, 1.807) is 0 Å². The fraction of sp³-hybridized carbons (Fsp3) is 1.00. The van der Waals surface area contributed by atoms with Gasteiger partial charge in [0.05, 0.1) is 0 Å². The van der Waals surface area contributed by atoms with Gasteiger partial charge in [-0.05, 0) is 26.3 Å². The fourth-order valence-corrected chi connectivity index (χ4v) is 1.85. The lowest BCUT2D eigenvalue weighted by Crippen LogP contribution is -2.13. The molecule has 0 aliphatic heterocycles. The highest BCUT2D eigenvalue weighted by Crippen LogP contribution is 2.10. The van der Waals surface area contributed by atoms with Gasteiger partial charge in [0.25, 0.3) is 0 Å². The normalized spacial score (nSPS) is 13.0. The second-order valence-corrected chi connectivity index (χ2v) is 4.74. The summed E-state index contributed by atoms with van der Waals surface area (Å²) in [7, 11) is 0. The third-order valence-electron chi connectivity index (χ3n) is 2.86. The molecule has 0 rings (SSSR count). The van der Waals surface area contributed by atoms with Crippen LogP contribution in [0.3, 0.4) is 0 Å². The van der Waals surface area contributed by atoms with Crippen molar-refractivity contribution in [1.29, 1.82) is 0 Å². The largest absolute Gasteiger partial charge is 0.330 e. The average Bonchev–Trinajstić information content (AvgIpc) is 2.20. The third kappa shape index (κ3) is 13.9. The molecule has 0 aliphatic carbocycles. The van der Waals surface area contributed by atoms with E-state index in [-0.39, 0.29) is 0 Å². The third-order valence-corrected chi connectivity index (χ3v) is 2.86. The van der Waals surface area contributed by atoms with Crippen molar-refractivity contribution in [3.63, 3.8) is 0 Å². The first-order valence-corrected chi connectivity index (χ1v) is 6.73. The first-order valence-electron chi connectivity index (χ1n) is 6.73. The van der Waals surface area contributed by atoms with Crippen molar-refractivity contribution in [2.24, 2.45) is 11.5 Å². The number of nitrogens with two attached hydrogens (primary N) is 2. The summed E-state index contributed by atoms with van der Waals surface area (Å²) in [6.45, 7) is 2.95. The van der Waals surface area contributed by atoms with Gasteiger partial charge in [-0.15, -0.1) is 0 Å². The second-order valence-electron chi connectivity index (χ2n) is 4.74. The van der Waals surface area contributed by atoms with Crippen molar-refractivity contribution < 1.29 is 0 Å². The summed E-state index contributed by atoms with van der Waals surface area (Å²) >= 11 is 0. The fourth-order valence-electron chi connectivity index (χ4n) is 1.85. The van der Waals surface area contributed by atoms with Crippen LogP contribution in [0, 0.1) is 0 Å². The lowest BCUT2D eigenvalue weighted by molar-refractivity contribution is 0.535. The van der Waals surface area contributed by atoms with Crippen LogP contribution in [0.25, 0.3) is 0 Å². The molecule has 0 aromatic carbocycles. The first kappa shape index (κ1) is 14.9. The van der Waals surface area contributed by atoms with Crippen LogP contribution in [0.4, 0.5) is 0 Å². The van der Waals surface area contributed by atoms with E-state index in [4.69, 9.17) is 11.5 Å². The van der Waals surface area contributed by atoms with Crippen LogP contribution in [0.5, 0.6) is 0 Å². The number of hydrogen-bond acceptors (Lipinski definition) is 2. The first-order chi connectivity index (χ1) is 7.27. The van der Waals surface area contributed by atoms with Gasteiger partial charge in [-0.2, -0.15) is 0 Å². The second kappa shape index (κ2) is 12.0. The van der Waals surface area contributed by atoms with E-state index in [0.29, 0.717) is 6.04 Å². The maximum absolute atomic E-state index is 5.69. The Hall–Kier alpha value is -0.0800. The van der Waals surface area contributed by atoms with E-state index in [9.17, 15) is 0 Å². The molecule has 0 heterocycles. The Morgan fingerprint density at radius 1 is 0.733 bits per heavy atom. The van der Waals surface area contributed by atoms with Crippen molar-refractivity contribution in [2.75, 3.05) is 6.54 Å². The predicted octanol–water partition coefficient (Wildman–Crippen LogP) is 3.19. The lowest BCUT2D eigenvalue weighted by Gasteiger charge is -2.04. The van der Waals surface area contributed by atoms with Crippen LogP contribution in [0.1, 0.15) is 71.1 Å². The SMILES string of the molecule is CC(N)CCCCCCCCCCCN. The van der Waals surface area contributed by atoms with E-state index in [0.717, 1.165) is 6.54 Å². The van der Waals surface area contributed by atoms with Crippen molar-refractivity contribution in [2.45, 2.75) is 77.2 Å². The highest BCUT2D eigenvalue weighted by Gasteiger charge is 1.95. The smallest absolute Gasteiger partial charge is 0.00104 e. The maximum Gasteiger partial charge on any atom is 0.00104 e. The Labute approximate surface area is 95.8 Å². The zero-order valence-electron chi connectivity index (χ0n) is 10.5. The summed E-state index contributed by atoms with van der Waals surface area (Å²) in [5.41, 5.74) is 11.1. The number of rotatable bonds is 11. The molecule has 2 nitrogen and oxygen atoms in total. The minimum Gasteiger partial charge on any atom is -0.330 e. The summed E-state index contributed by atoms with van der Waals surface area (Å²) in [5, 5.41) is 0. The Kier molecular flexibility index (Phi) is 11.9. The van der Waals surface area contributed by atoms with Crippen LogP contribution < -0.4 is 11.5 Å². The molecule has 0 aromatic rings. The van der Waals surface area contributed by atoms with Gasteiger partial charge in [-0.3, -0.25) is 0 Å². The van der Waals surface area contributed by atoms with E-state index >= 15 is 0 Å². The molecular weight excluding hydrogens is 184 g/mol. The van der Waals surface area contributed by atoms with E-state index in [1.165, 1.54) is 64.2 Å². The van der Waals surface area contributed by atoms with Gasteiger partial charge in [0.1, 0.15) is 0 Å². The molecule has 0 radical (unpaired) electrons. The Morgan fingerprint density at radius 3 is 1.53 bits per heavy atom. The summed E-state index contributed by atoms with van der Waals surface area (Å²) < 4.78 is 0. The van der Waals surface area contributed by atoms with Gasteiger partial charge >= 0.3 is 0 Å². The predicted molar refractivity (Wildman–Crippen MR) is 68.9 cm³/mol. The molecule has 0 aromatic heterocycles. The molecule has 92 valence electrons. The van der Waals surface area contributed by atoms with Crippen molar-refractivity contribution >= 4 is 0 Å². The molecule has 0 saturated heterocycles. The summed E-state index contributed by atoms with van der Waals surface area (Å²) in [5.74, 6) is 0. The molecule has 0 bridgehead atoms. The molecule has 2 heteroatoms. The minimum absolute atomic E-state index is 0.390. The molecule has 1 atom stereocenters. The number of unbranched alkanes of at least 4 members (excludes halogenated alkanes) is 8. The van der Waals surface area contributed by atoms with Gasteiger partial charge in [0.15, 0.2) is 0 Å². The standard InChI is InChI=1S/C13H30N2/c1-13(15)11-9-7-5-3-2-4-6-8-10-12-14/h13H,2-12,14-15H2,1H3. The summed E-state index contributed by atoms with van der Waals surface area (Å²) in [4.78, 5) is 0. The summed E-state index contributed by atoms with van der Waals surface area (Å²) in [6, 6.07) is 0.390. The van der Waals surface area contributed by atoms with Gasteiger partial charge < -0.3 is 11.5 Å². The zero-order chi connectivity index (χ0) is 11.4. The van der Waals surface area contributed by atoms with E-state index in [2.05, 4.69) is 6.92 Å². The van der Waals surface area contributed by atoms with Gasteiger partial charge in [0, 0.05) is 6.04 Å². The molecular formula is C13H30N2. The topological polar surface area (TPSA) is 52.0 Å². The Bertz CT molecular complexity index is 113. The van der Waals surface area contributed by atoms with Gasteiger partial charge in [-0.25, -0.2) is 0 Å². The quantitative estimate of drug-likeness (QED) is 0.519. The van der Waals surface area contributed by atoms with Crippen molar-refractivity contribution in [3.05, 3.63) is 0 Å². The van der Waals surface area contributed by atoms with Crippen LogP contribution in [-0.4, -0.2) is 12.6 Å². The molecule has 0 amide bonds. The highest BCUT2D eigenvalue weighted by molar-refractivity contribution is 4.53. The van der Waals surface area contributed by atoms with E-state index in [1.807, 2.05) is 0 Å². The Morgan fingerprint density at radius 2 is 1.13 bits per heavy atom. The highest BCUT2D eigenvalue weighted by atomic mass is 14.6.